The first-order chi connectivity index (χ1) is 8.88. The topological polar surface area (TPSA) is 42.0 Å². The molecule has 19 heavy (non-hydrogen) atoms. The van der Waals surface area contributed by atoms with Gasteiger partial charge in [-0.1, -0.05) is 15.9 Å². The second-order valence-electron chi connectivity index (χ2n) is 3.86. The number of carbonyl (C=O) groups is 1. The van der Waals surface area contributed by atoms with Gasteiger partial charge in [-0.25, -0.2) is 13.8 Å². The van der Waals surface area contributed by atoms with Crippen LogP contribution in [0.1, 0.15) is 20.9 Å². The fraction of sp³-hybridized carbons (Fsp3) is 0.167. The van der Waals surface area contributed by atoms with Crippen molar-refractivity contribution in [1.29, 1.82) is 0 Å². The first kappa shape index (κ1) is 14.1. The molecule has 2 aromatic rings. The lowest BCUT2D eigenvalue weighted by atomic mass is 10.2. The number of hydrogen-bond donors (Lipinski definition) is 1. The number of anilines is 1. The number of aryl methyl sites for hydroxylation is 2. The van der Waals surface area contributed by atoms with Crippen molar-refractivity contribution in [1.82, 2.24) is 4.98 Å². The molecule has 1 amide bonds. The Morgan fingerprint density at radius 3 is 2.37 bits per heavy atom. The van der Waals surface area contributed by atoms with Gasteiger partial charge in [0.1, 0.15) is 17.2 Å². The van der Waals surface area contributed by atoms with Crippen LogP contribution in [0.3, 0.4) is 0 Å². The zero-order chi connectivity index (χ0) is 14.2. The van der Waals surface area contributed by atoms with Crippen molar-refractivity contribution in [2.24, 2.45) is 0 Å². The van der Waals surface area contributed by atoms with Crippen LogP contribution in [0.15, 0.2) is 16.6 Å². The first-order valence-electron chi connectivity index (χ1n) is 5.28. The van der Waals surface area contributed by atoms with E-state index in [1.54, 1.807) is 6.92 Å². The third-order valence-corrected chi connectivity index (χ3v) is 3.93. The normalized spacial score (nSPS) is 10.6. The van der Waals surface area contributed by atoms with E-state index in [0.717, 1.165) is 22.7 Å². The Labute approximate surface area is 120 Å². The van der Waals surface area contributed by atoms with Crippen LogP contribution in [-0.4, -0.2) is 10.9 Å². The molecule has 0 spiro atoms. The molecule has 1 aromatic carbocycles. The maximum atomic E-state index is 13.6. The average Bonchev–Trinajstić information content (AvgIpc) is 2.55. The van der Waals surface area contributed by atoms with Gasteiger partial charge in [0.25, 0.3) is 5.91 Å². The van der Waals surface area contributed by atoms with Crippen LogP contribution >= 0.6 is 27.3 Å². The molecule has 0 fully saturated rings. The predicted molar refractivity (Wildman–Crippen MR) is 73.6 cm³/mol. The van der Waals surface area contributed by atoms with Crippen molar-refractivity contribution >= 4 is 38.3 Å². The van der Waals surface area contributed by atoms with E-state index in [1.807, 2.05) is 6.92 Å². The molecule has 0 aliphatic heterocycles. The number of carbonyl (C=O) groups excluding carboxylic acids is 1. The van der Waals surface area contributed by atoms with E-state index in [2.05, 4.69) is 26.2 Å². The van der Waals surface area contributed by atoms with E-state index >= 15 is 0 Å². The number of amides is 1. The highest BCUT2D eigenvalue weighted by molar-refractivity contribution is 9.10. The van der Waals surface area contributed by atoms with Crippen molar-refractivity contribution in [2.75, 3.05) is 5.32 Å². The van der Waals surface area contributed by atoms with Gasteiger partial charge in [-0.15, -0.1) is 11.3 Å². The highest BCUT2D eigenvalue weighted by Gasteiger charge is 2.19. The quantitative estimate of drug-likeness (QED) is 0.891. The summed E-state index contributed by atoms with van der Waals surface area (Å²) < 4.78 is 27.4. The fourth-order valence-electron chi connectivity index (χ4n) is 1.44. The number of halogens is 3. The van der Waals surface area contributed by atoms with Gasteiger partial charge in [-0.05, 0) is 26.0 Å². The summed E-state index contributed by atoms with van der Waals surface area (Å²) in [6.07, 6.45) is 0. The fourth-order valence-corrected chi connectivity index (χ4v) is 2.66. The van der Waals surface area contributed by atoms with Crippen LogP contribution in [0.5, 0.6) is 0 Å². The number of benzene rings is 1. The van der Waals surface area contributed by atoms with Crippen molar-refractivity contribution in [3.05, 3.63) is 44.4 Å². The summed E-state index contributed by atoms with van der Waals surface area (Å²) in [6, 6.07) is 2.08. The van der Waals surface area contributed by atoms with Crippen LogP contribution in [0.2, 0.25) is 0 Å². The molecule has 0 atom stereocenters. The average molecular weight is 347 g/mol. The summed E-state index contributed by atoms with van der Waals surface area (Å²) >= 11 is 4.21. The van der Waals surface area contributed by atoms with E-state index in [9.17, 15) is 13.6 Å². The molecular formula is C12H9BrF2N2OS. The number of aromatic nitrogens is 1. The van der Waals surface area contributed by atoms with Crippen molar-refractivity contribution in [2.45, 2.75) is 13.8 Å². The van der Waals surface area contributed by atoms with Gasteiger partial charge >= 0.3 is 0 Å². The minimum Gasteiger partial charge on any atom is -0.298 e. The Morgan fingerprint density at radius 1 is 1.32 bits per heavy atom. The molecule has 7 heteroatoms. The van der Waals surface area contributed by atoms with Crippen LogP contribution < -0.4 is 5.32 Å². The minimum atomic E-state index is -0.922. The molecular weight excluding hydrogens is 338 g/mol. The lowest BCUT2D eigenvalue weighted by Gasteiger charge is -2.05. The Kier molecular flexibility index (Phi) is 3.96. The number of nitrogens with one attached hydrogen (secondary N) is 1. The van der Waals surface area contributed by atoms with Gasteiger partial charge in [0.05, 0.1) is 5.69 Å². The standard InChI is InChI=1S/C12H9BrF2N2OS/c1-5-6(2)19-12(16-5)17-11(18)10-8(14)3-7(13)4-9(10)15/h3-4H,1-2H3,(H,16,17,18). The van der Waals surface area contributed by atoms with E-state index in [1.165, 1.54) is 11.3 Å². The van der Waals surface area contributed by atoms with Crippen LogP contribution in [0.4, 0.5) is 13.9 Å². The largest absolute Gasteiger partial charge is 0.298 e. The summed E-state index contributed by atoms with van der Waals surface area (Å²) in [4.78, 5) is 16.9. The van der Waals surface area contributed by atoms with Crippen LogP contribution in [0.25, 0.3) is 0 Å². The van der Waals surface area contributed by atoms with Gasteiger partial charge in [-0.2, -0.15) is 0 Å². The molecule has 1 N–H and O–H groups in total. The molecule has 0 saturated heterocycles. The SMILES string of the molecule is Cc1nc(NC(=O)c2c(F)cc(Br)cc2F)sc1C. The van der Waals surface area contributed by atoms with E-state index in [-0.39, 0.29) is 4.47 Å². The van der Waals surface area contributed by atoms with E-state index in [0.29, 0.717) is 5.13 Å². The van der Waals surface area contributed by atoms with Crippen molar-refractivity contribution in [3.8, 4) is 0 Å². The molecule has 0 aliphatic carbocycles. The maximum Gasteiger partial charge on any atom is 0.263 e. The minimum absolute atomic E-state index is 0.236. The van der Waals surface area contributed by atoms with Crippen molar-refractivity contribution < 1.29 is 13.6 Å². The number of thiazole rings is 1. The third kappa shape index (κ3) is 2.98. The lowest BCUT2D eigenvalue weighted by molar-refractivity contribution is 0.101. The first-order valence-corrected chi connectivity index (χ1v) is 6.89. The van der Waals surface area contributed by atoms with Gasteiger partial charge in [0.2, 0.25) is 0 Å². The molecule has 0 aliphatic rings. The number of nitrogens with zero attached hydrogens (tertiary/aromatic N) is 1. The van der Waals surface area contributed by atoms with Crippen LogP contribution in [0, 0.1) is 25.5 Å². The highest BCUT2D eigenvalue weighted by atomic mass is 79.9. The number of hydrogen-bond acceptors (Lipinski definition) is 3. The Bertz CT molecular complexity index is 615. The molecule has 3 nitrogen and oxygen atoms in total. The maximum absolute atomic E-state index is 13.6. The smallest absolute Gasteiger partial charge is 0.263 e. The van der Waals surface area contributed by atoms with E-state index < -0.39 is 23.1 Å². The van der Waals surface area contributed by atoms with Gasteiger partial charge in [-0.3, -0.25) is 10.1 Å². The van der Waals surface area contributed by atoms with Gasteiger partial charge < -0.3 is 0 Å². The molecule has 0 radical (unpaired) electrons. The summed E-state index contributed by atoms with van der Waals surface area (Å²) in [5.74, 6) is -2.69. The zero-order valence-corrected chi connectivity index (χ0v) is 12.5. The summed E-state index contributed by atoms with van der Waals surface area (Å²) in [7, 11) is 0. The van der Waals surface area contributed by atoms with Gasteiger partial charge in [0, 0.05) is 9.35 Å². The van der Waals surface area contributed by atoms with Crippen molar-refractivity contribution in [3.63, 3.8) is 0 Å². The molecule has 1 aromatic heterocycles. The molecule has 0 saturated carbocycles. The zero-order valence-electron chi connectivity index (χ0n) is 10.1. The lowest BCUT2D eigenvalue weighted by Crippen LogP contribution is -2.15. The van der Waals surface area contributed by atoms with Gasteiger partial charge in [0.15, 0.2) is 5.13 Å². The summed E-state index contributed by atoms with van der Waals surface area (Å²) in [6.45, 7) is 3.64. The molecule has 1 heterocycles. The predicted octanol–water partition coefficient (Wildman–Crippen LogP) is 4.05. The summed E-state index contributed by atoms with van der Waals surface area (Å²) in [5.41, 5.74) is 0.158. The molecule has 100 valence electrons. The summed E-state index contributed by atoms with van der Waals surface area (Å²) in [5, 5.41) is 2.72. The Hall–Kier alpha value is -1.34. The Balaban J connectivity index is 2.30. The third-order valence-electron chi connectivity index (χ3n) is 2.48. The molecule has 2 rings (SSSR count). The second-order valence-corrected chi connectivity index (χ2v) is 5.98. The highest BCUT2D eigenvalue weighted by Crippen LogP contribution is 2.24. The Morgan fingerprint density at radius 2 is 1.89 bits per heavy atom. The van der Waals surface area contributed by atoms with E-state index in [4.69, 9.17) is 0 Å². The van der Waals surface area contributed by atoms with Crippen LogP contribution in [-0.2, 0) is 0 Å². The monoisotopic (exact) mass is 346 g/mol. The number of rotatable bonds is 2. The second kappa shape index (κ2) is 5.34. The molecule has 0 bridgehead atoms. The molecule has 0 unspecified atom stereocenters.